The molecule has 0 unspecified atom stereocenters. The number of carbonyl (C=O) groups is 1. The van der Waals surface area contributed by atoms with Gasteiger partial charge in [-0.05, 0) is 50.3 Å². The molecule has 0 saturated heterocycles. The van der Waals surface area contributed by atoms with Gasteiger partial charge in [-0.1, -0.05) is 0 Å². The smallest absolute Gasteiger partial charge is 0.320 e. The average molecular weight is 219 g/mol. The molecule has 1 fully saturated rings. The van der Waals surface area contributed by atoms with E-state index in [-0.39, 0.29) is 6.03 Å². The fourth-order valence-electron chi connectivity index (χ4n) is 1.62. The molecule has 2 amide bonds. The number of pyridine rings is 1. The lowest BCUT2D eigenvalue weighted by atomic mass is 10.2. The number of aromatic nitrogens is 1. The van der Waals surface area contributed by atoms with Gasteiger partial charge in [0.15, 0.2) is 0 Å². The van der Waals surface area contributed by atoms with Crippen molar-refractivity contribution in [3.63, 3.8) is 0 Å². The Labute approximate surface area is 95.5 Å². The van der Waals surface area contributed by atoms with E-state index in [4.69, 9.17) is 0 Å². The zero-order valence-electron chi connectivity index (χ0n) is 9.71. The summed E-state index contributed by atoms with van der Waals surface area (Å²) in [5, 5.41) is 5.59. The van der Waals surface area contributed by atoms with Crippen molar-refractivity contribution in [1.29, 1.82) is 0 Å². The van der Waals surface area contributed by atoms with Crippen LogP contribution in [0.2, 0.25) is 0 Å². The summed E-state index contributed by atoms with van der Waals surface area (Å²) >= 11 is 0. The molecule has 0 aromatic carbocycles. The van der Waals surface area contributed by atoms with Gasteiger partial charge in [0, 0.05) is 12.2 Å². The third-order valence-electron chi connectivity index (χ3n) is 2.59. The highest BCUT2D eigenvalue weighted by Crippen LogP contribution is 2.27. The standard InChI is InChI=1S/C12H17N3O/c1-8-5-9(2)14-11(6-8)15-12(16)13-7-10-3-4-10/h5-6,10H,3-4,7H2,1-2H3,(H2,13,14,15,16). The van der Waals surface area contributed by atoms with Gasteiger partial charge in [-0.2, -0.15) is 0 Å². The van der Waals surface area contributed by atoms with Crippen LogP contribution in [0.1, 0.15) is 24.1 Å². The molecule has 1 aliphatic rings. The first-order valence-corrected chi connectivity index (χ1v) is 5.63. The number of aryl methyl sites for hydroxylation is 2. The van der Waals surface area contributed by atoms with Gasteiger partial charge in [-0.25, -0.2) is 9.78 Å². The molecule has 4 heteroatoms. The van der Waals surface area contributed by atoms with Gasteiger partial charge in [0.1, 0.15) is 5.82 Å². The molecule has 2 rings (SSSR count). The van der Waals surface area contributed by atoms with Gasteiger partial charge in [0.05, 0.1) is 0 Å². The highest BCUT2D eigenvalue weighted by molar-refractivity contribution is 5.88. The van der Waals surface area contributed by atoms with Crippen LogP contribution in [0.4, 0.5) is 10.6 Å². The molecular formula is C12H17N3O. The number of urea groups is 1. The maximum absolute atomic E-state index is 11.5. The van der Waals surface area contributed by atoms with Crippen molar-refractivity contribution >= 4 is 11.8 Å². The maximum Gasteiger partial charge on any atom is 0.320 e. The van der Waals surface area contributed by atoms with E-state index in [9.17, 15) is 4.79 Å². The minimum absolute atomic E-state index is 0.163. The van der Waals surface area contributed by atoms with Crippen molar-refractivity contribution < 1.29 is 4.79 Å². The van der Waals surface area contributed by atoms with Crippen molar-refractivity contribution in [2.24, 2.45) is 5.92 Å². The molecule has 1 heterocycles. The first-order valence-electron chi connectivity index (χ1n) is 5.63. The van der Waals surface area contributed by atoms with E-state index in [0.717, 1.165) is 17.8 Å². The summed E-state index contributed by atoms with van der Waals surface area (Å²) in [4.78, 5) is 15.7. The second-order valence-electron chi connectivity index (χ2n) is 4.45. The van der Waals surface area contributed by atoms with Crippen molar-refractivity contribution in [3.8, 4) is 0 Å². The lowest BCUT2D eigenvalue weighted by molar-refractivity contribution is 0.251. The number of anilines is 1. The summed E-state index contributed by atoms with van der Waals surface area (Å²) in [5.74, 6) is 1.31. The van der Waals surface area contributed by atoms with Crippen molar-refractivity contribution in [2.75, 3.05) is 11.9 Å². The summed E-state index contributed by atoms with van der Waals surface area (Å²) in [5.41, 5.74) is 2.02. The third kappa shape index (κ3) is 3.22. The minimum atomic E-state index is -0.163. The number of carbonyl (C=O) groups excluding carboxylic acids is 1. The topological polar surface area (TPSA) is 54.0 Å². The van der Waals surface area contributed by atoms with Crippen LogP contribution in [0.25, 0.3) is 0 Å². The highest BCUT2D eigenvalue weighted by Gasteiger charge is 2.21. The Hall–Kier alpha value is -1.58. The summed E-state index contributed by atoms with van der Waals surface area (Å²) in [6, 6.07) is 3.68. The van der Waals surface area contributed by atoms with Crippen LogP contribution < -0.4 is 10.6 Å². The van der Waals surface area contributed by atoms with Crippen LogP contribution in [-0.2, 0) is 0 Å². The van der Waals surface area contributed by atoms with Crippen LogP contribution in [0, 0.1) is 19.8 Å². The third-order valence-corrected chi connectivity index (χ3v) is 2.59. The highest BCUT2D eigenvalue weighted by atomic mass is 16.2. The molecule has 1 aliphatic carbocycles. The van der Waals surface area contributed by atoms with Crippen LogP contribution in [0.3, 0.4) is 0 Å². The molecule has 0 spiro atoms. The van der Waals surface area contributed by atoms with Crippen LogP contribution >= 0.6 is 0 Å². The van der Waals surface area contributed by atoms with E-state index in [2.05, 4.69) is 15.6 Å². The Kier molecular flexibility index (Phi) is 3.08. The summed E-state index contributed by atoms with van der Waals surface area (Å²) < 4.78 is 0. The quantitative estimate of drug-likeness (QED) is 0.819. The zero-order valence-corrected chi connectivity index (χ0v) is 9.71. The molecule has 0 aliphatic heterocycles. The molecule has 0 radical (unpaired) electrons. The molecule has 2 N–H and O–H groups in total. The lowest BCUT2D eigenvalue weighted by Crippen LogP contribution is -2.30. The predicted molar refractivity (Wildman–Crippen MR) is 63.5 cm³/mol. The number of hydrogen-bond acceptors (Lipinski definition) is 2. The molecule has 0 bridgehead atoms. The van der Waals surface area contributed by atoms with Crippen molar-refractivity contribution in [1.82, 2.24) is 10.3 Å². The second-order valence-corrected chi connectivity index (χ2v) is 4.45. The van der Waals surface area contributed by atoms with E-state index in [1.807, 2.05) is 26.0 Å². The number of rotatable bonds is 3. The van der Waals surface area contributed by atoms with Gasteiger partial charge in [-0.3, -0.25) is 5.32 Å². The largest absolute Gasteiger partial charge is 0.338 e. The van der Waals surface area contributed by atoms with Gasteiger partial charge < -0.3 is 5.32 Å². The Morgan fingerprint density at radius 1 is 1.44 bits per heavy atom. The molecule has 0 atom stereocenters. The second kappa shape index (κ2) is 4.51. The Morgan fingerprint density at radius 3 is 2.81 bits per heavy atom. The number of nitrogens with one attached hydrogen (secondary N) is 2. The fraction of sp³-hybridized carbons (Fsp3) is 0.500. The Bertz CT molecular complexity index is 379. The molecule has 1 aromatic heterocycles. The zero-order chi connectivity index (χ0) is 11.5. The Morgan fingerprint density at radius 2 is 2.19 bits per heavy atom. The molecule has 4 nitrogen and oxygen atoms in total. The van der Waals surface area contributed by atoms with Crippen molar-refractivity contribution in [2.45, 2.75) is 26.7 Å². The van der Waals surface area contributed by atoms with E-state index >= 15 is 0 Å². The maximum atomic E-state index is 11.5. The molecule has 1 saturated carbocycles. The summed E-state index contributed by atoms with van der Waals surface area (Å²) in [7, 11) is 0. The number of amides is 2. The summed E-state index contributed by atoms with van der Waals surface area (Å²) in [6.07, 6.45) is 2.48. The lowest BCUT2D eigenvalue weighted by Gasteiger charge is -2.07. The predicted octanol–water partition coefficient (Wildman–Crippen LogP) is 2.23. The van der Waals surface area contributed by atoms with Crippen molar-refractivity contribution in [3.05, 3.63) is 23.4 Å². The SMILES string of the molecule is Cc1cc(C)nc(NC(=O)NCC2CC2)c1. The van der Waals surface area contributed by atoms with E-state index < -0.39 is 0 Å². The normalized spacial score (nSPS) is 14.6. The number of nitrogens with zero attached hydrogens (tertiary/aromatic N) is 1. The molecule has 16 heavy (non-hydrogen) atoms. The monoisotopic (exact) mass is 219 g/mol. The molecule has 1 aromatic rings. The molecule has 86 valence electrons. The summed E-state index contributed by atoms with van der Waals surface area (Å²) in [6.45, 7) is 4.68. The Balaban J connectivity index is 1.88. The fourth-order valence-corrected chi connectivity index (χ4v) is 1.62. The average Bonchev–Trinajstić information content (AvgIpc) is 2.96. The van der Waals surface area contributed by atoms with Gasteiger partial charge in [0.2, 0.25) is 0 Å². The van der Waals surface area contributed by atoms with E-state index in [1.54, 1.807) is 0 Å². The van der Waals surface area contributed by atoms with Gasteiger partial charge in [0.25, 0.3) is 0 Å². The van der Waals surface area contributed by atoms with Crippen LogP contribution in [0.5, 0.6) is 0 Å². The van der Waals surface area contributed by atoms with E-state index in [1.165, 1.54) is 12.8 Å². The number of hydrogen-bond donors (Lipinski definition) is 2. The van der Waals surface area contributed by atoms with Gasteiger partial charge >= 0.3 is 6.03 Å². The minimum Gasteiger partial charge on any atom is -0.338 e. The molecular weight excluding hydrogens is 202 g/mol. The van der Waals surface area contributed by atoms with Gasteiger partial charge in [-0.15, -0.1) is 0 Å². The van der Waals surface area contributed by atoms with Crippen LogP contribution in [0.15, 0.2) is 12.1 Å². The van der Waals surface area contributed by atoms with Crippen LogP contribution in [-0.4, -0.2) is 17.6 Å². The first-order chi connectivity index (χ1) is 7.63. The van der Waals surface area contributed by atoms with E-state index in [0.29, 0.717) is 11.7 Å². The first kappa shape index (κ1) is 10.9.